The van der Waals surface area contributed by atoms with Crippen LogP contribution in [0.25, 0.3) is 0 Å². The van der Waals surface area contributed by atoms with E-state index in [1.165, 1.54) is 6.92 Å². The molecule has 0 bridgehead atoms. The molecule has 0 radical (unpaired) electrons. The number of aliphatic carboxylic acids is 1. The van der Waals surface area contributed by atoms with Gasteiger partial charge in [0.25, 0.3) is 0 Å². The summed E-state index contributed by atoms with van der Waals surface area (Å²) in [5.41, 5.74) is 0. The number of hydrogen-bond donors (Lipinski definition) is 1. The Hall–Kier alpha value is -0.900. The molecule has 0 saturated heterocycles. The summed E-state index contributed by atoms with van der Waals surface area (Å²) in [6.07, 6.45) is -0.551. The molecule has 70 valence electrons. The molecule has 0 saturated carbocycles. The van der Waals surface area contributed by atoms with Gasteiger partial charge >= 0.3 is 5.97 Å². The van der Waals surface area contributed by atoms with Crippen molar-refractivity contribution in [3.05, 3.63) is 0 Å². The number of rotatable bonds is 5. The van der Waals surface area contributed by atoms with Crippen LogP contribution in [0.15, 0.2) is 0 Å². The third-order valence-electron chi connectivity index (χ3n) is 1.60. The zero-order valence-electron chi connectivity index (χ0n) is 7.53. The number of ether oxygens (including phenoxy) is 1. The van der Waals surface area contributed by atoms with E-state index >= 15 is 0 Å². The topological polar surface area (TPSA) is 63.6 Å². The van der Waals surface area contributed by atoms with E-state index in [1.807, 2.05) is 0 Å². The molecule has 4 nitrogen and oxygen atoms in total. The summed E-state index contributed by atoms with van der Waals surface area (Å²) >= 11 is 0. The molecule has 0 aliphatic carbocycles. The fraction of sp³-hybridized carbons (Fsp3) is 0.750. The Balaban J connectivity index is 4.29. The second kappa shape index (κ2) is 4.87. The lowest BCUT2D eigenvalue weighted by Gasteiger charge is -2.16. The molecule has 0 spiro atoms. The van der Waals surface area contributed by atoms with Crippen molar-refractivity contribution >= 4 is 11.8 Å². The minimum atomic E-state index is -1.12. The molecule has 12 heavy (non-hydrogen) atoms. The van der Waals surface area contributed by atoms with E-state index in [1.54, 1.807) is 13.8 Å². The van der Waals surface area contributed by atoms with Gasteiger partial charge in [-0.3, -0.25) is 9.59 Å². The van der Waals surface area contributed by atoms with Crippen LogP contribution in [-0.4, -0.2) is 29.6 Å². The first kappa shape index (κ1) is 11.1. The maximum absolute atomic E-state index is 10.8. The van der Waals surface area contributed by atoms with Crippen LogP contribution in [0.4, 0.5) is 0 Å². The Morgan fingerprint density at radius 1 is 1.50 bits per heavy atom. The highest BCUT2D eigenvalue weighted by atomic mass is 16.5. The van der Waals surface area contributed by atoms with Gasteiger partial charge in [-0.2, -0.15) is 0 Å². The Morgan fingerprint density at radius 3 is 2.25 bits per heavy atom. The molecule has 0 amide bonds. The molecule has 0 aromatic carbocycles. The zero-order valence-corrected chi connectivity index (χ0v) is 7.53. The SMILES string of the molecule is CCOC(C)C(C(C)=O)C(=O)O. The number of hydrogen-bond acceptors (Lipinski definition) is 3. The van der Waals surface area contributed by atoms with Crippen LogP contribution in [0.3, 0.4) is 0 Å². The number of carbonyl (C=O) groups excluding carboxylic acids is 1. The van der Waals surface area contributed by atoms with Gasteiger partial charge in [-0.15, -0.1) is 0 Å². The van der Waals surface area contributed by atoms with E-state index in [0.29, 0.717) is 6.61 Å². The molecule has 0 heterocycles. The van der Waals surface area contributed by atoms with Crippen molar-refractivity contribution in [2.45, 2.75) is 26.9 Å². The Kier molecular flexibility index (Phi) is 4.51. The summed E-state index contributed by atoms with van der Waals surface area (Å²) in [7, 11) is 0. The summed E-state index contributed by atoms with van der Waals surface area (Å²) in [6.45, 7) is 5.02. The Bertz CT molecular complexity index is 162. The first-order chi connectivity index (χ1) is 5.50. The second-order valence-corrected chi connectivity index (χ2v) is 2.59. The first-order valence-electron chi connectivity index (χ1n) is 3.85. The minimum Gasteiger partial charge on any atom is -0.481 e. The van der Waals surface area contributed by atoms with Gasteiger partial charge in [-0.1, -0.05) is 0 Å². The van der Waals surface area contributed by atoms with Crippen molar-refractivity contribution in [1.82, 2.24) is 0 Å². The number of ketones is 1. The quantitative estimate of drug-likeness (QED) is 0.623. The van der Waals surface area contributed by atoms with E-state index in [4.69, 9.17) is 9.84 Å². The molecule has 0 aromatic heterocycles. The molecule has 2 unspecified atom stereocenters. The highest BCUT2D eigenvalue weighted by molar-refractivity contribution is 5.97. The Labute approximate surface area is 71.5 Å². The standard InChI is InChI=1S/C8H14O4/c1-4-12-6(3)7(5(2)9)8(10)11/h6-7H,4H2,1-3H3,(H,10,11). The summed E-state index contributed by atoms with van der Waals surface area (Å²) in [4.78, 5) is 21.4. The second-order valence-electron chi connectivity index (χ2n) is 2.59. The molecule has 0 aliphatic heterocycles. The highest BCUT2D eigenvalue weighted by Crippen LogP contribution is 2.09. The summed E-state index contributed by atoms with van der Waals surface area (Å²) < 4.78 is 5.02. The average Bonchev–Trinajstić information content (AvgIpc) is 1.85. The number of carbonyl (C=O) groups is 2. The van der Waals surface area contributed by atoms with Crippen LogP contribution in [0.1, 0.15) is 20.8 Å². The largest absolute Gasteiger partial charge is 0.481 e. The van der Waals surface area contributed by atoms with Crippen molar-refractivity contribution < 1.29 is 19.4 Å². The van der Waals surface area contributed by atoms with E-state index in [-0.39, 0.29) is 5.78 Å². The van der Waals surface area contributed by atoms with Gasteiger partial charge in [0.15, 0.2) is 0 Å². The number of carboxylic acids is 1. The smallest absolute Gasteiger partial charge is 0.316 e. The van der Waals surface area contributed by atoms with E-state index in [9.17, 15) is 9.59 Å². The van der Waals surface area contributed by atoms with Gasteiger partial charge in [0, 0.05) is 6.61 Å². The van der Waals surface area contributed by atoms with Gasteiger partial charge in [-0.05, 0) is 20.8 Å². The first-order valence-corrected chi connectivity index (χ1v) is 3.85. The lowest BCUT2D eigenvalue weighted by molar-refractivity contribution is -0.151. The molecule has 4 heteroatoms. The highest BCUT2D eigenvalue weighted by Gasteiger charge is 2.29. The predicted octanol–water partition coefficient (Wildman–Crippen LogP) is 0.701. The zero-order chi connectivity index (χ0) is 9.72. The van der Waals surface area contributed by atoms with Gasteiger partial charge in [0.1, 0.15) is 11.7 Å². The number of carboxylic acid groups (broad SMARTS) is 1. The fourth-order valence-electron chi connectivity index (χ4n) is 1.06. The molecule has 0 aromatic rings. The third-order valence-corrected chi connectivity index (χ3v) is 1.60. The van der Waals surface area contributed by atoms with Gasteiger partial charge in [0.2, 0.25) is 0 Å². The average molecular weight is 174 g/mol. The van der Waals surface area contributed by atoms with Gasteiger partial charge in [-0.25, -0.2) is 0 Å². The Morgan fingerprint density at radius 2 is 2.00 bits per heavy atom. The van der Waals surface area contributed by atoms with Crippen LogP contribution in [0.2, 0.25) is 0 Å². The minimum absolute atomic E-state index is 0.372. The van der Waals surface area contributed by atoms with Crippen LogP contribution in [-0.2, 0) is 14.3 Å². The predicted molar refractivity (Wildman–Crippen MR) is 42.9 cm³/mol. The van der Waals surface area contributed by atoms with Crippen LogP contribution in [0.5, 0.6) is 0 Å². The molecular weight excluding hydrogens is 160 g/mol. The van der Waals surface area contributed by atoms with Crippen molar-refractivity contribution in [2.75, 3.05) is 6.61 Å². The maximum atomic E-state index is 10.8. The van der Waals surface area contributed by atoms with Crippen LogP contribution >= 0.6 is 0 Å². The van der Waals surface area contributed by atoms with Crippen LogP contribution < -0.4 is 0 Å². The third kappa shape index (κ3) is 3.00. The van der Waals surface area contributed by atoms with E-state index < -0.39 is 18.0 Å². The van der Waals surface area contributed by atoms with Crippen molar-refractivity contribution in [1.29, 1.82) is 0 Å². The van der Waals surface area contributed by atoms with E-state index in [0.717, 1.165) is 0 Å². The fourth-order valence-corrected chi connectivity index (χ4v) is 1.06. The van der Waals surface area contributed by atoms with Crippen LogP contribution in [0, 0.1) is 5.92 Å². The lowest BCUT2D eigenvalue weighted by atomic mass is 10.00. The van der Waals surface area contributed by atoms with E-state index in [2.05, 4.69) is 0 Å². The molecule has 1 N–H and O–H groups in total. The molecular formula is C8H14O4. The number of Topliss-reactive ketones (excluding diaryl/α,β-unsaturated/α-hetero) is 1. The van der Waals surface area contributed by atoms with Crippen molar-refractivity contribution in [2.24, 2.45) is 5.92 Å². The molecule has 2 atom stereocenters. The molecule has 0 aliphatic rings. The van der Waals surface area contributed by atoms with Crippen molar-refractivity contribution in [3.8, 4) is 0 Å². The normalized spacial score (nSPS) is 15.2. The summed E-state index contributed by atoms with van der Waals surface area (Å²) in [5, 5.41) is 8.64. The summed E-state index contributed by atoms with van der Waals surface area (Å²) in [5.74, 6) is -2.53. The van der Waals surface area contributed by atoms with Crippen molar-refractivity contribution in [3.63, 3.8) is 0 Å². The molecule has 0 fully saturated rings. The summed E-state index contributed by atoms with van der Waals surface area (Å²) in [6, 6.07) is 0. The molecule has 0 rings (SSSR count). The van der Waals surface area contributed by atoms with Gasteiger partial charge in [0.05, 0.1) is 6.10 Å². The van der Waals surface area contributed by atoms with Gasteiger partial charge < -0.3 is 9.84 Å². The lowest BCUT2D eigenvalue weighted by Crippen LogP contribution is -2.33. The monoisotopic (exact) mass is 174 g/mol. The maximum Gasteiger partial charge on any atom is 0.316 e.